The maximum absolute atomic E-state index is 14.1. The van der Waals surface area contributed by atoms with Crippen LogP contribution >= 0.6 is 0 Å². The predicted octanol–water partition coefficient (Wildman–Crippen LogP) is 4.03. The number of nitrogens with one attached hydrogen (secondary N) is 1. The van der Waals surface area contributed by atoms with Crippen molar-refractivity contribution in [1.82, 2.24) is 24.9 Å². The minimum Gasteiger partial charge on any atom is -0.462 e. The molecule has 0 aliphatic rings. The first-order valence-electron chi connectivity index (χ1n) is 13.0. The lowest BCUT2D eigenvalue weighted by Gasteiger charge is -2.34. The molecule has 0 saturated heterocycles. The normalized spacial score (nSPS) is 12.2. The van der Waals surface area contributed by atoms with Crippen molar-refractivity contribution in [2.24, 2.45) is 7.05 Å². The lowest BCUT2D eigenvalue weighted by atomic mass is 10.00. The number of aromatic nitrogens is 4. The largest absolute Gasteiger partial charge is 0.462 e. The number of para-hydroxylation sites is 1. The molecule has 0 spiro atoms. The quantitative estimate of drug-likeness (QED) is 0.310. The van der Waals surface area contributed by atoms with Crippen LogP contribution in [0.1, 0.15) is 56.2 Å². The monoisotopic (exact) mass is 530 g/mol. The summed E-state index contributed by atoms with van der Waals surface area (Å²) in [5.41, 5.74) is 2.30. The van der Waals surface area contributed by atoms with Crippen LogP contribution in [0.5, 0.6) is 0 Å². The smallest absolute Gasteiger partial charge is 0.338 e. The number of ether oxygens (including phenoxy) is 1. The number of hydrogen-bond donors (Lipinski definition) is 1. The summed E-state index contributed by atoms with van der Waals surface area (Å²) < 4.78 is 8.45. The van der Waals surface area contributed by atoms with E-state index in [1.54, 1.807) is 31.2 Å². The Kier molecular flexibility index (Phi) is 8.13. The van der Waals surface area contributed by atoms with E-state index in [1.807, 2.05) is 75.0 Å². The second kappa shape index (κ2) is 11.5. The minimum absolute atomic E-state index is 0.147. The Bertz CT molecular complexity index is 1470. The van der Waals surface area contributed by atoms with Crippen LogP contribution in [0.4, 0.5) is 5.69 Å². The first kappa shape index (κ1) is 27.6. The number of nitrogens with zero attached hydrogens (tertiary/aromatic N) is 5. The van der Waals surface area contributed by atoms with E-state index in [9.17, 15) is 14.4 Å². The van der Waals surface area contributed by atoms with Gasteiger partial charge in [-0.1, -0.05) is 24.3 Å². The SMILES string of the molecule is CCOC(=O)c1ccc(N(C(=O)Cn2nnc3ccccc32)[C@H](C(=O)NC(C)(C)CC)c2cccn2C)cc1. The zero-order chi connectivity index (χ0) is 28.2. The van der Waals surface area contributed by atoms with Gasteiger partial charge in [0.15, 0.2) is 6.04 Å². The summed E-state index contributed by atoms with van der Waals surface area (Å²) in [5, 5.41) is 11.4. The number of amides is 2. The number of benzene rings is 2. The average molecular weight is 531 g/mol. The molecule has 4 rings (SSSR count). The van der Waals surface area contributed by atoms with Crippen molar-refractivity contribution in [2.75, 3.05) is 11.5 Å². The van der Waals surface area contributed by atoms with Crippen LogP contribution in [0.3, 0.4) is 0 Å². The first-order valence-corrected chi connectivity index (χ1v) is 13.0. The molecule has 0 saturated carbocycles. The highest BCUT2D eigenvalue weighted by molar-refractivity contribution is 6.02. The highest BCUT2D eigenvalue weighted by Gasteiger charge is 2.36. The molecule has 0 bridgehead atoms. The molecule has 0 aliphatic heterocycles. The molecule has 2 amide bonds. The third-order valence-corrected chi connectivity index (χ3v) is 6.75. The van der Waals surface area contributed by atoms with Gasteiger partial charge >= 0.3 is 5.97 Å². The van der Waals surface area contributed by atoms with Gasteiger partial charge in [0.1, 0.15) is 12.1 Å². The van der Waals surface area contributed by atoms with E-state index in [0.717, 1.165) is 0 Å². The minimum atomic E-state index is -0.994. The van der Waals surface area contributed by atoms with E-state index in [4.69, 9.17) is 4.74 Å². The van der Waals surface area contributed by atoms with Crippen molar-refractivity contribution in [2.45, 2.75) is 52.2 Å². The Morgan fingerprint density at radius 3 is 2.38 bits per heavy atom. The maximum Gasteiger partial charge on any atom is 0.338 e. The third-order valence-electron chi connectivity index (χ3n) is 6.75. The van der Waals surface area contributed by atoms with Gasteiger partial charge in [-0.2, -0.15) is 0 Å². The van der Waals surface area contributed by atoms with Crippen LogP contribution in [0.15, 0.2) is 66.9 Å². The fraction of sp³-hybridized carbons (Fsp3) is 0.345. The summed E-state index contributed by atoms with van der Waals surface area (Å²) in [6, 6.07) is 16.5. The molecule has 2 heterocycles. The van der Waals surface area contributed by atoms with Gasteiger partial charge < -0.3 is 14.6 Å². The van der Waals surface area contributed by atoms with E-state index in [2.05, 4.69) is 15.6 Å². The fourth-order valence-electron chi connectivity index (χ4n) is 4.28. The molecule has 204 valence electrons. The van der Waals surface area contributed by atoms with Gasteiger partial charge in [0, 0.05) is 24.5 Å². The molecule has 0 fully saturated rings. The zero-order valence-electron chi connectivity index (χ0n) is 22.9. The summed E-state index contributed by atoms with van der Waals surface area (Å²) in [5.74, 6) is -1.16. The third kappa shape index (κ3) is 6.00. The van der Waals surface area contributed by atoms with Gasteiger partial charge in [-0.25, -0.2) is 9.48 Å². The van der Waals surface area contributed by atoms with Crippen molar-refractivity contribution < 1.29 is 19.1 Å². The van der Waals surface area contributed by atoms with Crippen LogP contribution in [0.2, 0.25) is 0 Å². The van der Waals surface area contributed by atoms with Crippen LogP contribution in [0.25, 0.3) is 11.0 Å². The molecule has 10 heteroatoms. The van der Waals surface area contributed by atoms with E-state index in [-0.39, 0.29) is 25.0 Å². The summed E-state index contributed by atoms with van der Waals surface area (Å²) in [4.78, 5) is 41.8. The lowest BCUT2D eigenvalue weighted by molar-refractivity contribution is -0.128. The number of aryl methyl sites for hydroxylation is 1. The molecule has 10 nitrogen and oxygen atoms in total. The fourth-order valence-corrected chi connectivity index (χ4v) is 4.28. The van der Waals surface area contributed by atoms with Gasteiger partial charge in [0.25, 0.3) is 0 Å². The molecule has 2 aromatic heterocycles. The van der Waals surface area contributed by atoms with Gasteiger partial charge in [-0.05, 0) is 75.7 Å². The van der Waals surface area contributed by atoms with Crippen molar-refractivity contribution in [3.8, 4) is 0 Å². The molecular formula is C29H34N6O4. The highest BCUT2D eigenvalue weighted by Crippen LogP contribution is 2.30. The Morgan fingerprint density at radius 2 is 1.74 bits per heavy atom. The van der Waals surface area contributed by atoms with Crippen LogP contribution in [-0.2, 0) is 27.9 Å². The van der Waals surface area contributed by atoms with Crippen molar-refractivity contribution in [3.05, 3.63) is 78.1 Å². The number of carbonyl (C=O) groups excluding carboxylic acids is 3. The Hall–Kier alpha value is -4.47. The van der Waals surface area contributed by atoms with E-state index in [1.165, 1.54) is 9.58 Å². The Morgan fingerprint density at radius 1 is 1.03 bits per heavy atom. The van der Waals surface area contributed by atoms with E-state index >= 15 is 0 Å². The second-order valence-corrected chi connectivity index (χ2v) is 9.94. The molecular weight excluding hydrogens is 496 g/mol. The first-order chi connectivity index (χ1) is 18.6. The Labute approximate surface area is 227 Å². The van der Waals surface area contributed by atoms with E-state index < -0.39 is 17.6 Å². The zero-order valence-corrected chi connectivity index (χ0v) is 22.9. The summed E-state index contributed by atoms with van der Waals surface area (Å²) in [6.07, 6.45) is 2.53. The number of esters is 1. The van der Waals surface area contributed by atoms with Gasteiger partial charge in [-0.15, -0.1) is 5.10 Å². The van der Waals surface area contributed by atoms with Gasteiger partial charge in [-0.3, -0.25) is 14.5 Å². The molecule has 2 aromatic carbocycles. The van der Waals surface area contributed by atoms with Crippen LogP contribution < -0.4 is 10.2 Å². The van der Waals surface area contributed by atoms with Crippen molar-refractivity contribution in [3.63, 3.8) is 0 Å². The predicted molar refractivity (Wildman–Crippen MR) is 148 cm³/mol. The lowest BCUT2D eigenvalue weighted by Crippen LogP contribution is -2.51. The maximum atomic E-state index is 14.1. The summed E-state index contributed by atoms with van der Waals surface area (Å²) >= 11 is 0. The van der Waals surface area contributed by atoms with Crippen molar-refractivity contribution >= 4 is 34.5 Å². The number of rotatable bonds is 10. The summed E-state index contributed by atoms with van der Waals surface area (Å²) in [7, 11) is 1.83. The standard InChI is InChI=1S/C29H34N6O4/c1-6-29(3,4)30-27(37)26(24-13-10-18-33(24)5)35(21-16-14-20(15-17-21)28(38)39-7-2)25(36)19-34-23-12-9-8-11-22(23)31-32-34/h8-18,26H,6-7,19H2,1-5H3,(H,30,37)/t26-/m0/s1. The molecule has 1 N–H and O–H groups in total. The highest BCUT2D eigenvalue weighted by atomic mass is 16.5. The molecule has 4 aromatic rings. The van der Waals surface area contributed by atoms with Gasteiger partial charge in [0.2, 0.25) is 11.8 Å². The number of fused-ring (bicyclic) bond motifs is 1. The molecule has 0 radical (unpaired) electrons. The molecule has 0 unspecified atom stereocenters. The number of hydrogen-bond acceptors (Lipinski definition) is 6. The number of carbonyl (C=O) groups is 3. The van der Waals surface area contributed by atoms with Crippen LogP contribution in [-0.4, -0.2) is 49.5 Å². The Balaban J connectivity index is 1.81. The van der Waals surface area contributed by atoms with Crippen molar-refractivity contribution in [1.29, 1.82) is 0 Å². The topological polar surface area (TPSA) is 111 Å². The average Bonchev–Trinajstić information content (AvgIpc) is 3.53. The van der Waals surface area contributed by atoms with Crippen LogP contribution in [0, 0.1) is 0 Å². The second-order valence-electron chi connectivity index (χ2n) is 9.94. The molecule has 0 aliphatic carbocycles. The summed E-state index contributed by atoms with van der Waals surface area (Å²) in [6.45, 7) is 7.71. The number of anilines is 1. The molecule has 39 heavy (non-hydrogen) atoms. The van der Waals surface area contributed by atoms with E-state index in [0.29, 0.717) is 34.4 Å². The van der Waals surface area contributed by atoms with Gasteiger partial charge in [0.05, 0.1) is 23.4 Å². The molecule has 1 atom stereocenters.